The highest BCUT2D eigenvalue weighted by atomic mass is 16.5. The van der Waals surface area contributed by atoms with Crippen molar-refractivity contribution in [3.63, 3.8) is 0 Å². The topological polar surface area (TPSA) is 46.5 Å². The minimum atomic E-state index is -0.882. The lowest BCUT2D eigenvalue weighted by Gasteiger charge is -2.26. The van der Waals surface area contributed by atoms with E-state index in [2.05, 4.69) is 0 Å². The van der Waals surface area contributed by atoms with Crippen molar-refractivity contribution in [3.8, 4) is 0 Å². The molecule has 3 heteroatoms. The highest BCUT2D eigenvalue weighted by Crippen LogP contribution is 2.24. The molecule has 0 aliphatic heterocycles. The molecule has 0 saturated carbocycles. The van der Waals surface area contributed by atoms with Crippen LogP contribution in [0, 0.1) is 5.41 Å². The number of carbonyl (C=O) groups is 1. The van der Waals surface area contributed by atoms with Crippen LogP contribution in [0.15, 0.2) is 11.6 Å². The Morgan fingerprint density at radius 1 is 1.50 bits per heavy atom. The molecule has 1 atom stereocenters. The quantitative estimate of drug-likeness (QED) is 0.557. The van der Waals surface area contributed by atoms with Crippen LogP contribution in [0.25, 0.3) is 0 Å². The molecule has 82 valence electrons. The number of carbonyl (C=O) groups excluding carboxylic acids is 1. The normalized spacial score (nSPS) is 13.3. The van der Waals surface area contributed by atoms with Crippen LogP contribution in [0.5, 0.6) is 0 Å². The molecule has 0 aromatic rings. The van der Waals surface area contributed by atoms with Gasteiger partial charge in [-0.1, -0.05) is 11.6 Å². The van der Waals surface area contributed by atoms with Gasteiger partial charge in [0.15, 0.2) is 0 Å². The maximum atomic E-state index is 11.5. The first kappa shape index (κ1) is 13.2. The fourth-order valence-corrected chi connectivity index (χ4v) is 0.962. The molecule has 14 heavy (non-hydrogen) atoms. The predicted molar refractivity (Wildman–Crippen MR) is 55.9 cm³/mol. The van der Waals surface area contributed by atoms with E-state index in [1.807, 2.05) is 13.8 Å². The fourth-order valence-electron chi connectivity index (χ4n) is 0.962. The highest BCUT2D eigenvalue weighted by Gasteiger charge is 2.35. The molecule has 0 rings (SSSR count). The van der Waals surface area contributed by atoms with Gasteiger partial charge in [-0.3, -0.25) is 4.79 Å². The molecule has 0 radical (unpaired) electrons. The Morgan fingerprint density at radius 3 is 2.36 bits per heavy atom. The number of aliphatic hydroxyl groups excluding tert-OH is 1. The highest BCUT2D eigenvalue weighted by molar-refractivity contribution is 5.77. The summed E-state index contributed by atoms with van der Waals surface area (Å²) in [5, 5.41) is 9.77. The van der Waals surface area contributed by atoms with Crippen molar-refractivity contribution in [1.82, 2.24) is 0 Å². The molecule has 0 aromatic carbocycles. The zero-order chi connectivity index (χ0) is 11.4. The van der Waals surface area contributed by atoms with Crippen molar-refractivity contribution in [1.29, 1.82) is 0 Å². The minimum Gasteiger partial charge on any atom is -0.465 e. The van der Waals surface area contributed by atoms with Gasteiger partial charge in [0.1, 0.15) is 0 Å². The van der Waals surface area contributed by atoms with E-state index in [1.165, 1.54) is 0 Å². The smallest absolute Gasteiger partial charge is 0.314 e. The maximum Gasteiger partial charge on any atom is 0.314 e. The third kappa shape index (κ3) is 3.50. The molecular weight excluding hydrogens is 180 g/mol. The number of hydrogen-bond donors (Lipinski definition) is 1. The van der Waals surface area contributed by atoms with E-state index in [1.54, 1.807) is 26.8 Å². The van der Waals surface area contributed by atoms with Crippen LogP contribution in [0.1, 0.15) is 34.6 Å². The van der Waals surface area contributed by atoms with Crippen LogP contribution in [0.3, 0.4) is 0 Å². The molecule has 0 fully saturated rings. The first-order valence-corrected chi connectivity index (χ1v) is 4.82. The zero-order valence-electron chi connectivity index (χ0n) is 9.63. The molecule has 0 bridgehead atoms. The molecule has 0 heterocycles. The van der Waals surface area contributed by atoms with E-state index in [0.29, 0.717) is 6.61 Å². The summed E-state index contributed by atoms with van der Waals surface area (Å²) in [6.45, 7) is 9.20. The molecule has 0 aliphatic carbocycles. The molecule has 0 saturated heterocycles. The number of allylic oxidation sites excluding steroid dienone is 1. The van der Waals surface area contributed by atoms with Crippen LogP contribution in [0.4, 0.5) is 0 Å². The van der Waals surface area contributed by atoms with Crippen molar-refractivity contribution in [2.45, 2.75) is 40.7 Å². The Kier molecular flexibility index (Phi) is 4.85. The van der Waals surface area contributed by atoms with Crippen LogP contribution in [-0.4, -0.2) is 23.8 Å². The molecule has 3 nitrogen and oxygen atoms in total. The average molecular weight is 200 g/mol. The van der Waals surface area contributed by atoms with Crippen molar-refractivity contribution in [2.75, 3.05) is 6.61 Å². The standard InChI is InChI=1S/C11H20O3/c1-6-14-10(13)11(4,5)9(12)7-8(2)3/h7,9,12H,6H2,1-5H3. The van der Waals surface area contributed by atoms with Gasteiger partial charge in [-0.15, -0.1) is 0 Å². The van der Waals surface area contributed by atoms with Crippen LogP contribution < -0.4 is 0 Å². The lowest BCUT2D eigenvalue weighted by Crippen LogP contribution is -2.37. The minimum absolute atomic E-state index is 0.337. The average Bonchev–Trinajstić information content (AvgIpc) is 2.03. The second-order valence-electron chi connectivity index (χ2n) is 4.13. The second kappa shape index (κ2) is 5.15. The SMILES string of the molecule is CCOC(=O)C(C)(C)C(O)C=C(C)C. The van der Waals surface area contributed by atoms with E-state index < -0.39 is 11.5 Å². The zero-order valence-corrected chi connectivity index (χ0v) is 9.63. The van der Waals surface area contributed by atoms with Crippen molar-refractivity contribution >= 4 is 5.97 Å². The van der Waals surface area contributed by atoms with Crippen molar-refractivity contribution in [2.24, 2.45) is 5.41 Å². The Labute approximate surface area is 85.8 Å². The molecule has 1 unspecified atom stereocenters. The van der Waals surface area contributed by atoms with Crippen LogP contribution in [0.2, 0.25) is 0 Å². The molecule has 0 aliphatic rings. The monoisotopic (exact) mass is 200 g/mol. The van der Waals surface area contributed by atoms with Gasteiger partial charge in [0.25, 0.3) is 0 Å². The van der Waals surface area contributed by atoms with E-state index in [0.717, 1.165) is 5.57 Å². The molecule has 0 aromatic heterocycles. The van der Waals surface area contributed by atoms with E-state index in [9.17, 15) is 9.90 Å². The Morgan fingerprint density at radius 2 is 2.00 bits per heavy atom. The van der Waals surface area contributed by atoms with Gasteiger partial charge in [0.2, 0.25) is 0 Å². The molecule has 0 amide bonds. The molecular formula is C11H20O3. The van der Waals surface area contributed by atoms with Gasteiger partial charge >= 0.3 is 5.97 Å². The summed E-state index contributed by atoms with van der Waals surface area (Å²) in [4.78, 5) is 11.5. The third-order valence-corrected chi connectivity index (χ3v) is 2.03. The molecule has 1 N–H and O–H groups in total. The number of aliphatic hydroxyl groups is 1. The predicted octanol–water partition coefficient (Wildman–Crippen LogP) is 1.90. The second-order valence-corrected chi connectivity index (χ2v) is 4.13. The lowest BCUT2D eigenvalue weighted by molar-refractivity contribution is -0.158. The largest absolute Gasteiger partial charge is 0.465 e. The summed E-state index contributed by atoms with van der Waals surface area (Å²) in [5.41, 5.74) is 0.0997. The van der Waals surface area contributed by atoms with Gasteiger partial charge in [0, 0.05) is 0 Å². The Hall–Kier alpha value is -0.830. The first-order valence-electron chi connectivity index (χ1n) is 4.82. The van der Waals surface area contributed by atoms with E-state index >= 15 is 0 Å². The Balaban J connectivity index is 4.59. The van der Waals surface area contributed by atoms with Gasteiger partial charge < -0.3 is 9.84 Å². The molecule has 0 spiro atoms. The Bertz CT molecular complexity index is 225. The number of esters is 1. The summed E-state index contributed by atoms with van der Waals surface area (Å²) in [7, 11) is 0. The summed E-state index contributed by atoms with van der Waals surface area (Å²) in [5.74, 6) is -0.370. The number of ether oxygens (including phenoxy) is 1. The third-order valence-electron chi connectivity index (χ3n) is 2.03. The van der Waals surface area contributed by atoms with E-state index in [4.69, 9.17) is 4.74 Å². The van der Waals surface area contributed by atoms with Gasteiger partial charge in [0.05, 0.1) is 18.1 Å². The summed E-state index contributed by atoms with van der Waals surface area (Å²) < 4.78 is 4.88. The number of rotatable bonds is 4. The number of hydrogen-bond acceptors (Lipinski definition) is 3. The van der Waals surface area contributed by atoms with E-state index in [-0.39, 0.29) is 5.97 Å². The van der Waals surface area contributed by atoms with Crippen molar-refractivity contribution in [3.05, 3.63) is 11.6 Å². The fraction of sp³-hybridized carbons (Fsp3) is 0.727. The van der Waals surface area contributed by atoms with Crippen molar-refractivity contribution < 1.29 is 14.6 Å². The first-order chi connectivity index (χ1) is 6.32. The van der Waals surface area contributed by atoms with Gasteiger partial charge in [-0.2, -0.15) is 0 Å². The van der Waals surface area contributed by atoms with Crippen LogP contribution in [-0.2, 0) is 9.53 Å². The van der Waals surface area contributed by atoms with Gasteiger partial charge in [-0.05, 0) is 34.6 Å². The lowest BCUT2D eigenvalue weighted by atomic mass is 9.86. The van der Waals surface area contributed by atoms with Crippen LogP contribution >= 0.6 is 0 Å². The summed E-state index contributed by atoms with van der Waals surface area (Å²) in [6, 6.07) is 0. The summed E-state index contributed by atoms with van der Waals surface area (Å²) >= 11 is 0. The summed E-state index contributed by atoms with van der Waals surface area (Å²) in [6.07, 6.45) is 0.864. The maximum absolute atomic E-state index is 11.5. The van der Waals surface area contributed by atoms with Gasteiger partial charge in [-0.25, -0.2) is 0 Å².